The number of nitrogens with one attached hydrogen (secondary N) is 1. The van der Waals surface area contributed by atoms with Crippen LogP contribution in [-0.4, -0.2) is 21.5 Å². The van der Waals surface area contributed by atoms with E-state index < -0.39 is 47.2 Å². The number of benzene rings is 1. The van der Waals surface area contributed by atoms with Crippen molar-refractivity contribution in [2.75, 3.05) is 0 Å². The predicted octanol–water partition coefficient (Wildman–Crippen LogP) is 4.31. The second-order valence-electron chi connectivity index (χ2n) is 6.20. The summed E-state index contributed by atoms with van der Waals surface area (Å²) in [6.45, 7) is 0. The van der Waals surface area contributed by atoms with Gasteiger partial charge in [0.05, 0.1) is 12.0 Å². The molecule has 3 rings (SSSR count). The Morgan fingerprint density at radius 2 is 1.96 bits per heavy atom. The Morgan fingerprint density at radius 3 is 2.61 bits per heavy atom. The zero-order chi connectivity index (χ0) is 20.7. The number of aromatic nitrogens is 2. The van der Waals surface area contributed by atoms with Crippen LogP contribution in [0.2, 0.25) is 0 Å². The van der Waals surface area contributed by atoms with Gasteiger partial charge in [0.1, 0.15) is 11.6 Å². The minimum atomic E-state index is -4.95. The first-order chi connectivity index (χ1) is 13.0. The van der Waals surface area contributed by atoms with Crippen molar-refractivity contribution in [2.45, 2.75) is 18.4 Å². The lowest BCUT2D eigenvalue weighted by Gasteiger charge is -2.31. The summed E-state index contributed by atoms with van der Waals surface area (Å²) >= 11 is 0. The molecule has 10 heteroatoms. The average molecular weight is 401 g/mol. The van der Waals surface area contributed by atoms with Crippen LogP contribution in [0.4, 0.5) is 26.3 Å². The number of amides is 1. The first-order valence-corrected chi connectivity index (χ1v) is 7.94. The van der Waals surface area contributed by atoms with Crippen molar-refractivity contribution >= 4 is 11.5 Å². The van der Waals surface area contributed by atoms with Crippen molar-refractivity contribution < 1.29 is 31.1 Å². The van der Waals surface area contributed by atoms with Crippen LogP contribution in [0.15, 0.2) is 48.4 Å². The van der Waals surface area contributed by atoms with Crippen molar-refractivity contribution in [1.29, 1.82) is 0 Å². The number of rotatable bonds is 3. The lowest BCUT2D eigenvalue weighted by atomic mass is 9.89. The maximum Gasteiger partial charge on any atom is 0.435 e. The number of aryl methyl sites for hydroxylation is 1. The largest absolute Gasteiger partial charge is 0.435 e. The van der Waals surface area contributed by atoms with Gasteiger partial charge in [-0.05, 0) is 23.8 Å². The summed E-state index contributed by atoms with van der Waals surface area (Å²) in [4.78, 5) is 12.4. The third-order valence-corrected chi connectivity index (χ3v) is 4.06. The van der Waals surface area contributed by atoms with E-state index in [-0.39, 0.29) is 11.1 Å². The van der Waals surface area contributed by atoms with Gasteiger partial charge in [0.25, 0.3) is 5.91 Å². The topological polar surface area (TPSA) is 46.9 Å². The Hall–Kier alpha value is -3.04. The molecule has 1 amide bonds. The molecular weight excluding hydrogens is 388 g/mol. The maximum absolute atomic E-state index is 15.6. The van der Waals surface area contributed by atoms with Gasteiger partial charge < -0.3 is 5.32 Å². The first kappa shape index (κ1) is 19.7. The van der Waals surface area contributed by atoms with E-state index in [1.54, 1.807) is 5.32 Å². The molecule has 0 radical (unpaired) electrons. The molecule has 148 valence electrons. The van der Waals surface area contributed by atoms with E-state index in [0.29, 0.717) is 0 Å². The van der Waals surface area contributed by atoms with Gasteiger partial charge in [-0.3, -0.25) is 9.48 Å². The van der Waals surface area contributed by atoms with Crippen LogP contribution in [0, 0.1) is 5.82 Å². The van der Waals surface area contributed by atoms with Gasteiger partial charge in [0, 0.05) is 18.8 Å². The van der Waals surface area contributed by atoms with E-state index in [1.807, 2.05) is 0 Å². The molecule has 1 aromatic carbocycles. The third-order valence-electron chi connectivity index (χ3n) is 4.06. The number of halogens is 6. The smallest absolute Gasteiger partial charge is 0.316 e. The minimum Gasteiger partial charge on any atom is -0.316 e. The Labute approximate surface area is 155 Å². The fraction of sp³-hybridized carbons (Fsp3) is 0.222. The summed E-state index contributed by atoms with van der Waals surface area (Å²) in [5.74, 6) is -5.96. The lowest BCUT2D eigenvalue weighted by Crippen LogP contribution is -2.47. The molecule has 0 saturated heterocycles. The fourth-order valence-corrected chi connectivity index (χ4v) is 2.90. The summed E-state index contributed by atoms with van der Waals surface area (Å²) in [6.07, 6.45) is -3.18. The first-order valence-electron chi connectivity index (χ1n) is 7.94. The third kappa shape index (κ3) is 3.80. The van der Waals surface area contributed by atoms with Crippen molar-refractivity contribution in [3.63, 3.8) is 0 Å². The highest BCUT2D eigenvalue weighted by atomic mass is 19.4. The van der Waals surface area contributed by atoms with Gasteiger partial charge in [-0.2, -0.15) is 18.3 Å². The van der Waals surface area contributed by atoms with Crippen LogP contribution in [0.5, 0.6) is 0 Å². The van der Waals surface area contributed by atoms with Crippen LogP contribution < -0.4 is 5.32 Å². The van der Waals surface area contributed by atoms with Crippen LogP contribution in [0.25, 0.3) is 5.57 Å². The Balaban J connectivity index is 1.99. The zero-order valence-corrected chi connectivity index (χ0v) is 14.3. The van der Waals surface area contributed by atoms with Gasteiger partial charge in [0.15, 0.2) is 5.69 Å². The minimum absolute atomic E-state index is 0.00813. The number of nitrogens with zero attached hydrogens (tertiary/aromatic N) is 2. The van der Waals surface area contributed by atoms with Crippen molar-refractivity contribution in [2.24, 2.45) is 7.05 Å². The van der Waals surface area contributed by atoms with Crippen molar-refractivity contribution in [3.8, 4) is 0 Å². The molecule has 0 fully saturated rings. The van der Waals surface area contributed by atoms with E-state index in [1.165, 1.54) is 19.2 Å². The van der Waals surface area contributed by atoms with Gasteiger partial charge in [-0.15, -0.1) is 0 Å². The molecule has 1 aliphatic rings. The molecule has 0 saturated carbocycles. The number of carbonyl (C=O) groups excluding carboxylic acids is 1. The molecule has 28 heavy (non-hydrogen) atoms. The maximum atomic E-state index is 15.6. The van der Waals surface area contributed by atoms with Gasteiger partial charge >= 0.3 is 6.18 Å². The van der Waals surface area contributed by atoms with E-state index in [2.05, 4.69) is 5.10 Å². The molecule has 4 nitrogen and oxygen atoms in total. The van der Waals surface area contributed by atoms with Gasteiger partial charge in [-0.1, -0.05) is 18.2 Å². The molecule has 0 bridgehead atoms. The average Bonchev–Trinajstić information content (AvgIpc) is 2.97. The van der Waals surface area contributed by atoms with Crippen LogP contribution in [0.1, 0.15) is 28.0 Å². The molecule has 0 aliphatic heterocycles. The van der Waals surface area contributed by atoms with Crippen LogP contribution in [0.3, 0.4) is 0 Å². The molecular formula is C18H13F6N3O. The number of allylic oxidation sites excluding steroid dienone is 2. The van der Waals surface area contributed by atoms with Gasteiger partial charge in [-0.25, -0.2) is 13.2 Å². The number of alkyl halides is 4. The molecule has 1 aromatic heterocycles. The summed E-state index contributed by atoms with van der Waals surface area (Å²) in [6, 6.07) is 4.69. The summed E-state index contributed by atoms with van der Waals surface area (Å²) < 4.78 is 82.8. The summed E-state index contributed by atoms with van der Waals surface area (Å²) in [7, 11) is 1.17. The lowest BCUT2D eigenvalue weighted by molar-refractivity contribution is -0.141. The second-order valence-corrected chi connectivity index (χ2v) is 6.20. The van der Waals surface area contributed by atoms with Crippen molar-refractivity contribution in [3.05, 3.63) is 71.1 Å². The fourth-order valence-electron chi connectivity index (χ4n) is 2.90. The number of carbonyl (C=O) groups is 1. The van der Waals surface area contributed by atoms with Crippen LogP contribution >= 0.6 is 0 Å². The zero-order valence-electron chi connectivity index (χ0n) is 14.3. The molecule has 1 atom stereocenters. The second kappa shape index (κ2) is 6.84. The summed E-state index contributed by atoms with van der Waals surface area (Å²) in [5.41, 5.74) is -2.70. The van der Waals surface area contributed by atoms with Gasteiger partial charge in [0.2, 0.25) is 5.79 Å². The molecule has 1 aliphatic carbocycles. The summed E-state index contributed by atoms with van der Waals surface area (Å²) in [5, 5.41) is 4.99. The normalized spacial score (nSPS) is 19.8. The van der Waals surface area contributed by atoms with E-state index in [4.69, 9.17) is 0 Å². The molecule has 0 spiro atoms. The number of hydrogen-bond donors (Lipinski definition) is 1. The van der Waals surface area contributed by atoms with Crippen LogP contribution in [-0.2, 0) is 13.2 Å². The molecule has 1 heterocycles. The van der Waals surface area contributed by atoms with E-state index >= 15 is 4.39 Å². The molecule has 2 aromatic rings. The predicted molar refractivity (Wildman–Crippen MR) is 87.7 cm³/mol. The van der Waals surface area contributed by atoms with Crippen molar-refractivity contribution in [1.82, 2.24) is 15.1 Å². The standard InChI is InChI=1S/C18H13F6N3O/c1-27-9-13(15(26-27)18(22,23)24)16(28)25-17(21)8-12(20)5-6-14(17)10-3-2-4-11(19)7-10/h2-7,9H,8H2,1H3,(H,25,28). The highest BCUT2D eigenvalue weighted by Crippen LogP contribution is 2.39. The Morgan fingerprint density at radius 1 is 1.25 bits per heavy atom. The van der Waals surface area contributed by atoms with E-state index in [0.717, 1.165) is 35.2 Å². The monoisotopic (exact) mass is 401 g/mol. The quantitative estimate of drug-likeness (QED) is 0.615. The van der Waals surface area contributed by atoms with E-state index in [9.17, 15) is 26.7 Å². The molecule has 1 unspecified atom stereocenters. The SMILES string of the molecule is Cn1cc(C(=O)NC2(F)CC(F)=CC=C2c2cccc(F)c2)c(C(F)(F)F)n1. The Kier molecular flexibility index (Phi) is 4.82. The molecule has 1 N–H and O–H groups in total. The highest BCUT2D eigenvalue weighted by Gasteiger charge is 2.43. The highest BCUT2D eigenvalue weighted by molar-refractivity contribution is 5.97. The Bertz CT molecular complexity index is 991. The number of hydrogen-bond acceptors (Lipinski definition) is 2.